The summed E-state index contributed by atoms with van der Waals surface area (Å²) >= 11 is 0. The molecule has 0 amide bonds. The molecule has 0 N–H and O–H groups in total. The van der Waals surface area contributed by atoms with Crippen LogP contribution in [0.5, 0.6) is 0 Å². The highest BCUT2D eigenvalue weighted by molar-refractivity contribution is 5.77. The summed E-state index contributed by atoms with van der Waals surface area (Å²) in [5, 5.41) is 0. The number of unbranched alkanes of at least 4 members (excludes halogenated alkanes) is 7. The van der Waals surface area contributed by atoms with E-state index in [-0.39, 0.29) is 24.8 Å². The highest BCUT2D eigenvalue weighted by Crippen LogP contribution is 2.23. The third-order valence-corrected chi connectivity index (χ3v) is 5.00. The van der Waals surface area contributed by atoms with Gasteiger partial charge in [-0.1, -0.05) is 71.1 Å². The summed E-state index contributed by atoms with van der Waals surface area (Å²) in [5.41, 5.74) is 0. The molecular formula is C21H38O4. The molecule has 0 aliphatic heterocycles. The zero-order valence-corrected chi connectivity index (χ0v) is 16.2. The minimum Gasteiger partial charge on any atom is -0.466 e. The minimum atomic E-state index is -0.280. The molecule has 0 radical (unpaired) electrons. The SMILES string of the molecule is CCCCCCCCCCOC(=O)CCC(=O)OCC1CCCCC1. The van der Waals surface area contributed by atoms with Gasteiger partial charge in [0, 0.05) is 0 Å². The van der Waals surface area contributed by atoms with Crippen LogP contribution < -0.4 is 0 Å². The van der Waals surface area contributed by atoms with Gasteiger partial charge in [0.1, 0.15) is 0 Å². The van der Waals surface area contributed by atoms with E-state index in [9.17, 15) is 9.59 Å². The Labute approximate surface area is 154 Å². The first-order valence-electron chi connectivity index (χ1n) is 10.5. The lowest BCUT2D eigenvalue weighted by Crippen LogP contribution is -2.17. The molecule has 4 heteroatoms. The predicted octanol–water partition coefficient (Wildman–Crippen LogP) is 5.57. The maximum atomic E-state index is 11.7. The van der Waals surface area contributed by atoms with Crippen molar-refractivity contribution < 1.29 is 19.1 Å². The van der Waals surface area contributed by atoms with Gasteiger partial charge in [0.15, 0.2) is 0 Å². The molecule has 0 spiro atoms. The molecule has 25 heavy (non-hydrogen) atoms. The van der Waals surface area contributed by atoms with Crippen LogP contribution in [0, 0.1) is 5.92 Å². The zero-order chi connectivity index (χ0) is 18.2. The van der Waals surface area contributed by atoms with Crippen LogP contribution in [0.3, 0.4) is 0 Å². The molecule has 0 aromatic carbocycles. The number of carbonyl (C=O) groups is 2. The van der Waals surface area contributed by atoms with Gasteiger partial charge in [-0.3, -0.25) is 9.59 Å². The van der Waals surface area contributed by atoms with Gasteiger partial charge in [-0.05, 0) is 25.2 Å². The van der Waals surface area contributed by atoms with E-state index in [0.29, 0.717) is 19.1 Å². The molecule has 0 heterocycles. The molecule has 0 unspecified atom stereocenters. The molecule has 0 bridgehead atoms. The van der Waals surface area contributed by atoms with Gasteiger partial charge in [-0.25, -0.2) is 0 Å². The van der Waals surface area contributed by atoms with Crippen molar-refractivity contribution in [2.45, 2.75) is 103 Å². The van der Waals surface area contributed by atoms with Gasteiger partial charge in [0.25, 0.3) is 0 Å². The molecule has 1 rings (SSSR count). The topological polar surface area (TPSA) is 52.6 Å². The van der Waals surface area contributed by atoms with Crippen LogP contribution in [0.25, 0.3) is 0 Å². The summed E-state index contributed by atoms with van der Waals surface area (Å²) in [4.78, 5) is 23.3. The summed E-state index contributed by atoms with van der Waals surface area (Å²) in [5.74, 6) is -0.0289. The summed E-state index contributed by atoms with van der Waals surface area (Å²) < 4.78 is 10.5. The van der Waals surface area contributed by atoms with Crippen LogP contribution >= 0.6 is 0 Å². The largest absolute Gasteiger partial charge is 0.466 e. The Kier molecular flexibility index (Phi) is 13.4. The van der Waals surface area contributed by atoms with Crippen molar-refractivity contribution >= 4 is 11.9 Å². The molecule has 146 valence electrons. The van der Waals surface area contributed by atoms with Crippen molar-refractivity contribution in [2.24, 2.45) is 5.92 Å². The van der Waals surface area contributed by atoms with Crippen LogP contribution in [0.15, 0.2) is 0 Å². The van der Waals surface area contributed by atoms with E-state index in [1.807, 2.05) is 0 Å². The van der Waals surface area contributed by atoms with Gasteiger partial charge in [0.2, 0.25) is 0 Å². The van der Waals surface area contributed by atoms with Crippen LogP contribution in [-0.2, 0) is 19.1 Å². The fraction of sp³-hybridized carbons (Fsp3) is 0.905. The first-order valence-corrected chi connectivity index (χ1v) is 10.5. The van der Waals surface area contributed by atoms with E-state index in [2.05, 4.69) is 6.92 Å². The third-order valence-electron chi connectivity index (χ3n) is 5.00. The van der Waals surface area contributed by atoms with Crippen molar-refractivity contribution in [2.75, 3.05) is 13.2 Å². The van der Waals surface area contributed by atoms with Crippen molar-refractivity contribution in [3.8, 4) is 0 Å². The van der Waals surface area contributed by atoms with Crippen LogP contribution in [0.4, 0.5) is 0 Å². The summed E-state index contributed by atoms with van der Waals surface area (Å²) in [6, 6.07) is 0. The fourth-order valence-corrected chi connectivity index (χ4v) is 3.34. The summed E-state index contributed by atoms with van der Waals surface area (Å²) in [6.07, 6.45) is 16.2. The molecular weight excluding hydrogens is 316 g/mol. The monoisotopic (exact) mass is 354 g/mol. The normalized spacial score (nSPS) is 15.1. The maximum Gasteiger partial charge on any atom is 0.306 e. The molecule has 0 saturated heterocycles. The lowest BCUT2D eigenvalue weighted by Gasteiger charge is -2.20. The second-order valence-electron chi connectivity index (χ2n) is 7.38. The van der Waals surface area contributed by atoms with Crippen molar-refractivity contribution in [3.63, 3.8) is 0 Å². The second kappa shape index (κ2) is 15.2. The van der Waals surface area contributed by atoms with Crippen LogP contribution in [0.1, 0.15) is 103 Å². The zero-order valence-electron chi connectivity index (χ0n) is 16.2. The van der Waals surface area contributed by atoms with E-state index in [0.717, 1.165) is 25.7 Å². The van der Waals surface area contributed by atoms with Crippen LogP contribution in [-0.4, -0.2) is 25.2 Å². The molecule has 0 aromatic rings. The molecule has 1 fully saturated rings. The van der Waals surface area contributed by atoms with Crippen molar-refractivity contribution in [3.05, 3.63) is 0 Å². The molecule has 1 saturated carbocycles. The quantitative estimate of drug-likeness (QED) is 0.302. The highest BCUT2D eigenvalue weighted by Gasteiger charge is 2.16. The summed E-state index contributed by atoms with van der Waals surface area (Å²) in [7, 11) is 0. The first-order chi connectivity index (χ1) is 12.2. The Morgan fingerprint density at radius 2 is 1.32 bits per heavy atom. The fourth-order valence-electron chi connectivity index (χ4n) is 3.34. The Morgan fingerprint density at radius 3 is 1.96 bits per heavy atom. The Bertz CT molecular complexity index is 348. The number of hydrogen-bond acceptors (Lipinski definition) is 4. The summed E-state index contributed by atoms with van der Waals surface area (Å²) in [6.45, 7) is 3.22. The Morgan fingerprint density at radius 1 is 0.760 bits per heavy atom. The van der Waals surface area contributed by atoms with Gasteiger partial charge in [0.05, 0.1) is 26.1 Å². The molecule has 0 aromatic heterocycles. The smallest absolute Gasteiger partial charge is 0.306 e. The lowest BCUT2D eigenvalue weighted by molar-refractivity contribution is -0.151. The molecule has 1 aliphatic rings. The van der Waals surface area contributed by atoms with Crippen molar-refractivity contribution in [1.82, 2.24) is 0 Å². The lowest BCUT2D eigenvalue weighted by atomic mass is 9.90. The first kappa shape index (κ1) is 22.0. The number of esters is 2. The molecule has 1 aliphatic carbocycles. The second-order valence-corrected chi connectivity index (χ2v) is 7.38. The Balaban J connectivity index is 1.88. The average molecular weight is 355 g/mol. The molecule has 0 atom stereocenters. The van der Waals surface area contributed by atoms with E-state index in [4.69, 9.17) is 9.47 Å². The molecule has 4 nitrogen and oxygen atoms in total. The van der Waals surface area contributed by atoms with E-state index in [1.165, 1.54) is 57.8 Å². The number of rotatable bonds is 14. The van der Waals surface area contributed by atoms with Gasteiger partial charge < -0.3 is 9.47 Å². The number of ether oxygens (including phenoxy) is 2. The predicted molar refractivity (Wildman–Crippen MR) is 100 cm³/mol. The van der Waals surface area contributed by atoms with Gasteiger partial charge >= 0.3 is 11.9 Å². The van der Waals surface area contributed by atoms with E-state index < -0.39 is 0 Å². The highest BCUT2D eigenvalue weighted by atomic mass is 16.5. The van der Waals surface area contributed by atoms with E-state index >= 15 is 0 Å². The third kappa shape index (κ3) is 12.9. The Hall–Kier alpha value is -1.06. The maximum absolute atomic E-state index is 11.7. The van der Waals surface area contributed by atoms with Gasteiger partial charge in [-0.15, -0.1) is 0 Å². The number of carbonyl (C=O) groups excluding carboxylic acids is 2. The van der Waals surface area contributed by atoms with Gasteiger partial charge in [-0.2, -0.15) is 0 Å². The minimum absolute atomic E-state index is 0.139. The van der Waals surface area contributed by atoms with Crippen molar-refractivity contribution in [1.29, 1.82) is 0 Å². The average Bonchev–Trinajstić information content (AvgIpc) is 2.64. The number of hydrogen-bond donors (Lipinski definition) is 0. The standard InChI is InChI=1S/C21H38O4/c1-2-3-4-5-6-7-8-12-17-24-20(22)15-16-21(23)25-18-19-13-10-9-11-14-19/h19H,2-18H2,1H3. The van der Waals surface area contributed by atoms with Crippen LogP contribution in [0.2, 0.25) is 0 Å². The van der Waals surface area contributed by atoms with E-state index in [1.54, 1.807) is 0 Å².